The maximum absolute atomic E-state index is 4.32. The van der Waals surface area contributed by atoms with Crippen LogP contribution >= 0.6 is 11.5 Å². The van der Waals surface area contributed by atoms with Crippen LogP contribution in [-0.4, -0.2) is 10.9 Å². The van der Waals surface area contributed by atoms with Gasteiger partial charge in [0.15, 0.2) is 0 Å². The lowest BCUT2D eigenvalue weighted by Crippen LogP contribution is -3.00. The molecule has 0 saturated carbocycles. The van der Waals surface area contributed by atoms with E-state index in [1.54, 1.807) is 11.5 Å². The summed E-state index contributed by atoms with van der Waals surface area (Å²) in [7, 11) is 0. The minimum Gasteiger partial charge on any atom is -1.00 e. The van der Waals surface area contributed by atoms with E-state index in [1.807, 2.05) is 12.1 Å². The van der Waals surface area contributed by atoms with Crippen molar-refractivity contribution in [2.24, 2.45) is 0 Å². The third-order valence-electron chi connectivity index (χ3n) is 1.72. The summed E-state index contributed by atoms with van der Waals surface area (Å²) in [5.74, 6) is 1.01. The van der Waals surface area contributed by atoms with E-state index in [0.717, 1.165) is 12.4 Å². The van der Waals surface area contributed by atoms with Gasteiger partial charge in [-0.25, -0.2) is 0 Å². The van der Waals surface area contributed by atoms with Gasteiger partial charge in [-0.3, -0.25) is 0 Å². The minimum atomic E-state index is 0. The van der Waals surface area contributed by atoms with Gasteiger partial charge in [0.25, 0.3) is 0 Å². The SMILES string of the molecule is CCNc1nsc2ccccc12.[Cl-].[H+]. The Morgan fingerprint density at radius 3 is 3.00 bits per heavy atom. The first-order chi connectivity index (χ1) is 5.92. The van der Waals surface area contributed by atoms with E-state index in [2.05, 4.69) is 28.7 Å². The van der Waals surface area contributed by atoms with Gasteiger partial charge in [-0.15, -0.1) is 0 Å². The summed E-state index contributed by atoms with van der Waals surface area (Å²) in [5.41, 5.74) is 0. The Morgan fingerprint density at radius 2 is 2.23 bits per heavy atom. The van der Waals surface area contributed by atoms with Crippen LogP contribution in [0.3, 0.4) is 0 Å². The Morgan fingerprint density at radius 1 is 1.46 bits per heavy atom. The molecule has 0 spiro atoms. The molecule has 1 aromatic carbocycles. The van der Waals surface area contributed by atoms with Crippen molar-refractivity contribution in [2.45, 2.75) is 6.92 Å². The molecule has 0 aliphatic carbocycles. The van der Waals surface area contributed by atoms with Gasteiger partial charge in [0.1, 0.15) is 5.82 Å². The quantitative estimate of drug-likeness (QED) is 0.752. The summed E-state index contributed by atoms with van der Waals surface area (Å²) >= 11 is 1.54. The molecule has 0 saturated heterocycles. The lowest BCUT2D eigenvalue weighted by atomic mass is 10.3. The van der Waals surface area contributed by atoms with Gasteiger partial charge >= 0.3 is 1.43 Å². The molecule has 2 rings (SSSR count). The number of aromatic nitrogens is 1. The van der Waals surface area contributed by atoms with Gasteiger partial charge in [-0.2, -0.15) is 4.37 Å². The Bertz CT molecular complexity index is 391. The number of halogens is 1. The Balaban J connectivity index is 0.000000845. The second kappa shape index (κ2) is 4.44. The molecule has 0 aliphatic rings. The van der Waals surface area contributed by atoms with Crippen molar-refractivity contribution in [2.75, 3.05) is 11.9 Å². The molecule has 0 aliphatic heterocycles. The van der Waals surface area contributed by atoms with E-state index in [1.165, 1.54) is 10.1 Å². The number of anilines is 1. The molecule has 13 heavy (non-hydrogen) atoms. The fraction of sp³-hybridized carbons (Fsp3) is 0.222. The standard InChI is InChI=1S/C9H10N2S.ClH/c1-2-10-9-7-5-3-4-6-8(7)12-11-9;/h3-6H,2H2,1H3,(H,10,11);1H. The topological polar surface area (TPSA) is 24.9 Å². The summed E-state index contributed by atoms with van der Waals surface area (Å²) in [6.45, 7) is 3.00. The summed E-state index contributed by atoms with van der Waals surface area (Å²) in [4.78, 5) is 0. The average Bonchev–Trinajstić information content (AvgIpc) is 2.50. The highest BCUT2D eigenvalue weighted by Gasteiger charge is 2.01. The molecule has 1 N–H and O–H groups in total. The molecular weight excluding hydrogens is 204 g/mol. The minimum absolute atomic E-state index is 0. The Kier molecular flexibility index (Phi) is 3.51. The van der Waals surface area contributed by atoms with Gasteiger partial charge in [-0.05, 0) is 30.6 Å². The molecule has 0 atom stereocenters. The molecule has 1 heterocycles. The smallest absolute Gasteiger partial charge is 1.00 e. The zero-order valence-electron chi connectivity index (χ0n) is 8.25. The molecule has 0 amide bonds. The number of benzene rings is 1. The molecule has 2 aromatic rings. The number of fused-ring (bicyclic) bond motifs is 1. The number of nitrogens with one attached hydrogen (secondary N) is 1. The maximum atomic E-state index is 4.32. The predicted molar refractivity (Wildman–Crippen MR) is 54.9 cm³/mol. The number of hydrogen-bond acceptors (Lipinski definition) is 3. The number of nitrogens with zero attached hydrogens (tertiary/aromatic N) is 1. The third kappa shape index (κ3) is 1.92. The molecular formula is C9H11ClN2S. The summed E-state index contributed by atoms with van der Waals surface area (Å²) in [5, 5.41) is 4.46. The Labute approximate surface area is 89.0 Å². The third-order valence-corrected chi connectivity index (χ3v) is 2.55. The van der Waals surface area contributed by atoms with Crippen molar-refractivity contribution in [3.63, 3.8) is 0 Å². The second-order valence-electron chi connectivity index (χ2n) is 2.56. The number of hydrogen-bond donors (Lipinski definition) is 1. The molecule has 0 fully saturated rings. The highest BCUT2D eigenvalue weighted by molar-refractivity contribution is 7.13. The highest BCUT2D eigenvalue weighted by atomic mass is 35.5. The lowest BCUT2D eigenvalue weighted by Gasteiger charge is -1.96. The van der Waals surface area contributed by atoms with Gasteiger partial charge in [0.05, 0.1) is 4.70 Å². The normalized spacial score (nSPS) is 9.62. The Hall–Kier alpha value is -0.800. The van der Waals surface area contributed by atoms with E-state index < -0.39 is 0 Å². The van der Waals surface area contributed by atoms with Crippen LogP contribution in [0, 0.1) is 0 Å². The summed E-state index contributed by atoms with van der Waals surface area (Å²) in [6, 6.07) is 8.26. The fourth-order valence-electron chi connectivity index (χ4n) is 1.18. The fourth-order valence-corrected chi connectivity index (χ4v) is 1.94. The van der Waals surface area contributed by atoms with Crippen molar-refractivity contribution in [3.8, 4) is 0 Å². The van der Waals surface area contributed by atoms with Crippen LogP contribution in [0.4, 0.5) is 5.82 Å². The van der Waals surface area contributed by atoms with Crippen LogP contribution in [0.1, 0.15) is 8.35 Å². The van der Waals surface area contributed by atoms with Crippen molar-refractivity contribution in [3.05, 3.63) is 24.3 Å². The predicted octanol–water partition coefficient (Wildman–Crippen LogP) is -0.155. The second-order valence-corrected chi connectivity index (χ2v) is 3.36. The van der Waals surface area contributed by atoms with E-state index in [0.29, 0.717) is 0 Å². The molecule has 0 bridgehead atoms. The van der Waals surface area contributed by atoms with Crippen molar-refractivity contribution in [1.82, 2.24) is 4.37 Å². The van der Waals surface area contributed by atoms with Crippen LogP contribution in [0.2, 0.25) is 0 Å². The molecule has 0 radical (unpaired) electrons. The zero-order valence-corrected chi connectivity index (χ0v) is 8.82. The van der Waals surface area contributed by atoms with E-state index in [9.17, 15) is 0 Å². The highest BCUT2D eigenvalue weighted by Crippen LogP contribution is 2.25. The molecule has 2 nitrogen and oxygen atoms in total. The summed E-state index contributed by atoms with van der Waals surface area (Å²) in [6.07, 6.45) is 0. The lowest BCUT2D eigenvalue weighted by molar-refractivity contribution is -0.00000241. The first-order valence-electron chi connectivity index (χ1n) is 4.00. The van der Waals surface area contributed by atoms with Crippen LogP contribution in [0.5, 0.6) is 0 Å². The molecule has 4 heteroatoms. The van der Waals surface area contributed by atoms with Crippen molar-refractivity contribution >= 4 is 27.4 Å². The van der Waals surface area contributed by atoms with E-state index in [4.69, 9.17) is 0 Å². The summed E-state index contributed by atoms with van der Waals surface area (Å²) < 4.78 is 5.56. The van der Waals surface area contributed by atoms with Crippen LogP contribution in [0.25, 0.3) is 10.1 Å². The van der Waals surface area contributed by atoms with Crippen molar-refractivity contribution in [1.29, 1.82) is 0 Å². The zero-order chi connectivity index (χ0) is 8.39. The average molecular weight is 215 g/mol. The first-order valence-corrected chi connectivity index (χ1v) is 4.77. The van der Waals surface area contributed by atoms with Crippen molar-refractivity contribution < 1.29 is 13.8 Å². The van der Waals surface area contributed by atoms with Gasteiger partial charge < -0.3 is 17.7 Å². The van der Waals surface area contributed by atoms with E-state index >= 15 is 0 Å². The van der Waals surface area contributed by atoms with Crippen LogP contribution < -0.4 is 17.7 Å². The van der Waals surface area contributed by atoms with Gasteiger partial charge in [-0.1, -0.05) is 12.1 Å². The van der Waals surface area contributed by atoms with Crippen LogP contribution in [-0.2, 0) is 0 Å². The van der Waals surface area contributed by atoms with Gasteiger partial charge in [0.2, 0.25) is 0 Å². The van der Waals surface area contributed by atoms with Gasteiger partial charge in [0, 0.05) is 11.9 Å². The molecule has 70 valence electrons. The maximum Gasteiger partial charge on any atom is 1.00 e. The molecule has 1 aromatic heterocycles. The van der Waals surface area contributed by atoms with Crippen LogP contribution in [0.15, 0.2) is 24.3 Å². The monoisotopic (exact) mass is 214 g/mol. The number of rotatable bonds is 2. The largest absolute Gasteiger partial charge is 1.00 e. The van der Waals surface area contributed by atoms with E-state index in [-0.39, 0.29) is 13.8 Å². The molecule has 0 unspecified atom stereocenters. The first kappa shape index (κ1) is 10.3.